The second-order valence-corrected chi connectivity index (χ2v) is 10.5. The number of benzene rings is 3. The molecule has 0 unspecified atom stereocenters. The first-order chi connectivity index (χ1) is 20.4. The molecule has 1 aromatic heterocycles. The van der Waals surface area contributed by atoms with E-state index in [1.165, 1.54) is 24.3 Å². The van der Waals surface area contributed by atoms with E-state index in [2.05, 4.69) is 20.4 Å². The molecule has 1 N–H and O–H groups in total. The lowest BCUT2D eigenvalue weighted by Crippen LogP contribution is -2.33. The monoisotopic (exact) mass is 570 g/mol. The number of aromatic nitrogens is 2. The van der Waals surface area contributed by atoms with Crippen molar-refractivity contribution in [1.29, 1.82) is 0 Å². The third-order valence-corrected chi connectivity index (χ3v) is 7.71. The molecule has 0 radical (unpaired) electrons. The molecule has 0 saturated carbocycles. The van der Waals surface area contributed by atoms with Gasteiger partial charge in [-0.25, -0.2) is 23.4 Å². The molecule has 2 aliphatic rings. The van der Waals surface area contributed by atoms with E-state index in [-0.39, 0.29) is 29.5 Å². The van der Waals surface area contributed by atoms with Gasteiger partial charge in [-0.3, -0.25) is 4.90 Å². The lowest BCUT2D eigenvalue weighted by atomic mass is 9.99. The normalized spacial score (nSPS) is 17.0. The molecule has 2 aliphatic heterocycles. The number of carboxylic acid groups (broad SMARTS) is 1. The number of fused-ring (bicyclic) bond motifs is 1. The summed E-state index contributed by atoms with van der Waals surface area (Å²) in [4.78, 5) is 21.9. The Morgan fingerprint density at radius 3 is 2.71 bits per heavy atom. The van der Waals surface area contributed by atoms with Gasteiger partial charge >= 0.3 is 5.97 Å². The van der Waals surface area contributed by atoms with Crippen molar-refractivity contribution in [3.8, 4) is 5.75 Å². The zero-order valence-corrected chi connectivity index (χ0v) is 22.7. The molecule has 0 bridgehead atoms. The number of carbonyl (C=O) groups is 1. The molecule has 10 heteroatoms. The van der Waals surface area contributed by atoms with Crippen LogP contribution in [0.5, 0.6) is 5.75 Å². The maximum atomic E-state index is 14.5. The number of rotatable bonds is 9. The van der Waals surface area contributed by atoms with Gasteiger partial charge in [0.05, 0.1) is 42.4 Å². The zero-order valence-electron chi connectivity index (χ0n) is 22.7. The molecule has 8 nitrogen and oxygen atoms in total. The molecule has 0 aliphatic carbocycles. The molecule has 1 fully saturated rings. The molecule has 1 saturated heterocycles. The smallest absolute Gasteiger partial charge is 0.335 e. The van der Waals surface area contributed by atoms with Crippen LogP contribution in [-0.2, 0) is 24.4 Å². The minimum atomic E-state index is -0.979. The number of imidazole rings is 1. The largest absolute Gasteiger partial charge is 0.489 e. The first-order valence-corrected chi connectivity index (χ1v) is 13.7. The molecular formula is C32H28F2N4O4. The number of nitrogens with zero attached hydrogens (tertiary/aromatic N) is 4. The fourth-order valence-corrected chi connectivity index (χ4v) is 5.29. The molecule has 1 atom stereocenters. The summed E-state index contributed by atoms with van der Waals surface area (Å²) in [6, 6.07) is 13.7. The summed E-state index contributed by atoms with van der Waals surface area (Å²) in [7, 11) is 0. The van der Waals surface area contributed by atoms with Gasteiger partial charge in [0, 0.05) is 31.3 Å². The first-order valence-electron chi connectivity index (χ1n) is 13.7. The SMILES string of the molecule is [C-]#[N+]c1ccc(COc2cc(F)cc(C3=CCN(Cc4nc5ccc(C(=O)O)cc5n4C[C@@H]4CCO4)CC3)c2)c(F)c1. The summed E-state index contributed by atoms with van der Waals surface area (Å²) in [5.74, 6) is -0.811. The highest BCUT2D eigenvalue weighted by atomic mass is 19.1. The third kappa shape index (κ3) is 5.88. The van der Waals surface area contributed by atoms with Crippen LogP contribution in [0.25, 0.3) is 21.5 Å². The predicted octanol–water partition coefficient (Wildman–Crippen LogP) is 6.22. The molecule has 0 amide bonds. The maximum absolute atomic E-state index is 14.5. The second kappa shape index (κ2) is 11.7. The van der Waals surface area contributed by atoms with Crippen LogP contribution >= 0.6 is 0 Å². The Morgan fingerprint density at radius 1 is 1.17 bits per heavy atom. The zero-order chi connectivity index (χ0) is 29.2. The second-order valence-electron chi connectivity index (χ2n) is 10.5. The summed E-state index contributed by atoms with van der Waals surface area (Å²) in [5.41, 5.74) is 3.95. The average Bonchev–Trinajstić information content (AvgIpc) is 3.30. The van der Waals surface area contributed by atoms with Gasteiger partial charge in [0.1, 0.15) is 29.8 Å². The highest BCUT2D eigenvalue weighted by Gasteiger charge is 2.24. The van der Waals surface area contributed by atoms with Crippen LogP contribution in [0, 0.1) is 18.2 Å². The van der Waals surface area contributed by atoms with E-state index in [9.17, 15) is 18.7 Å². The summed E-state index contributed by atoms with van der Waals surface area (Å²) < 4.78 is 42.2. The Labute approximate surface area is 241 Å². The van der Waals surface area contributed by atoms with Gasteiger partial charge in [-0.15, -0.1) is 0 Å². The average molecular weight is 571 g/mol. The number of aromatic carboxylic acids is 1. The van der Waals surface area contributed by atoms with Gasteiger partial charge in [0.15, 0.2) is 5.69 Å². The topological polar surface area (TPSA) is 81.2 Å². The van der Waals surface area contributed by atoms with E-state index in [1.54, 1.807) is 24.3 Å². The van der Waals surface area contributed by atoms with Gasteiger partial charge in [0.25, 0.3) is 0 Å². The quantitative estimate of drug-likeness (QED) is 0.241. The van der Waals surface area contributed by atoms with Crippen LogP contribution in [0.3, 0.4) is 0 Å². The number of ether oxygens (including phenoxy) is 2. The predicted molar refractivity (Wildman–Crippen MR) is 152 cm³/mol. The van der Waals surface area contributed by atoms with Crippen LogP contribution < -0.4 is 4.74 Å². The van der Waals surface area contributed by atoms with Crippen molar-refractivity contribution in [2.24, 2.45) is 0 Å². The van der Waals surface area contributed by atoms with Crippen LogP contribution in [0.2, 0.25) is 0 Å². The number of carboxylic acids is 1. The summed E-state index contributed by atoms with van der Waals surface area (Å²) in [6.45, 7) is 10.2. The lowest BCUT2D eigenvalue weighted by molar-refractivity contribution is -0.0591. The van der Waals surface area contributed by atoms with Crippen molar-refractivity contribution in [2.75, 3.05) is 19.7 Å². The number of hydrogen-bond acceptors (Lipinski definition) is 5. The fraction of sp³-hybridized carbons (Fsp3) is 0.281. The number of hydrogen-bond donors (Lipinski definition) is 1. The van der Waals surface area contributed by atoms with E-state index in [0.717, 1.165) is 48.1 Å². The van der Waals surface area contributed by atoms with Crippen molar-refractivity contribution in [3.63, 3.8) is 0 Å². The summed E-state index contributed by atoms with van der Waals surface area (Å²) in [6.07, 6.45) is 3.79. The Kier molecular flexibility index (Phi) is 7.69. The first kappa shape index (κ1) is 27.6. The molecule has 42 heavy (non-hydrogen) atoms. The molecule has 214 valence electrons. The van der Waals surface area contributed by atoms with Crippen molar-refractivity contribution in [3.05, 3.63) is 106 Å². The van der Waals surface area contributed by atoms with Crippen molar-refractivity contribution in [1.82, 2.24) is 14.5 Å². The summed E-state index contributed by atoms with van der Waals surface area (Å²) >= 11 is 0. The lowest BCUT2D eigenvalue weighted by Gasteiger charge is -2.29. The molecule has 0 spiro atoms. The Balaban J connectivity index is 1.16. The van der Waals surface area contributed by atoms with Crippen molar-refractivity contribution >= 4 is 28.3 Å². The molecule has 3 heterocycles. The number of halogens is 2. The highest BCUT2D eigenvalue weighted by Crippen LogP contribution is 2.29. The molecule has 4 aromatic rings. The van der Waals surface area contributed by atoms with Crippen LogP contribution in [0.4, 0.5) is 14.5 Å². The highest BCUT2D eigenvalue weighted by molar-refractivity contribution is 5.92. The third-order valence-electron chi connectivity index (χ3n) is 7.71. The Morgan fingerprint density at radius 2 is 2.02 bits per heavy atom. The van der Waals surface area contributed by atoms with Crippen LogP contribution in [0.15, 0.2) is 60.7 Å². The van der Waals surface area contributed by atoms with E-state index in [0.29, 0.717) is 37.4 Å². The van der Waals surface area contributed by atoms with E-state index >= 15 is 0 Å². The Bertz CT molecular complexity index is 1740. The van der Waals surface area contributed by atoms with Gasteiger partial charge in [-0.2, -0.15) is 0 Å². The minimum Gasteiger partial charge on any atom is -0.489 e. The molecular weight excluding hydrogens is 542 g/mol. The van der Waals surface area contributed by atoms with Crippen molar-refractivity contribution in [2.45, 2.75) is 38.6 Å². The standard InChI is InChI=1S/C32H28F2N4O4/c1-35-25-4-2-22(28(34)16-25)19-42-27-13-23(12-24(33)15-27)20-6-9-37(10-7-20)18-31-36-29-5-3-21(32(39)40)14-30(29)38(31)17-26-8-11-41-26/h2-6,12-16,26H,7-11,17-19H2,(H,39,40)/t26-/m0/s1. The molecule has 3 aromatic carbocycles. The van der Waals surface area contributed by atoms with E-state index in [1.807, 2.05) is 0 Å². The van der Waals surface area contributed by atoms with Crippen LogP contribution in [0.1, 0.15) is 40.2 Å². The fourth-order valence-electron chi connectivity index (χ4n) is 5.29. The van der Waals surface area contributed by atoms with E-state index < -0.39 is 17.6 Å². The van der Waals surface area contributed by atoms with E-state index in [4.69, 9.17) is 21.0 Å². The minimum absolute atomic E-state index is 0.0827. The summed E-state index contributed by atoms with van der Waals surface area (Å²) in [5, 5.41) is 9.48. The molecule has 6 rings (SSSR count). The van der Waals surface area contributed by atoms with Crippen LogP contribution in [-0.4, -0.2) is 51.3 Å². The van der Waals surface area contributed by atoms with Gasteiger partial charge in [-0.05, 0) is 60.4 Å². The maximum Gasteiger partial charge on any atom is 0.335 e. The van der Waals surface area contributed by atoms with Crippen molar-refractivity contribution < 1.29 is 28.2 Å². The van der Waals surface area contributed by atoms with Gasteiger partial charge in [-0.1, -0.05) is 18.2 Å². The van der Waals surface area contributed by atoms with Gasteiger partial charge < -0.3 is 19.1 Å². The Hall–Kier alpha value is -4.59. The van der Waals surface area contributed by atoms with Gasteiger partial charge in [0.2, 0.25) is 0 Å².